The number of fused-ring (bicyclic) bond motifs is 1. The number of hydrogen-bond donors (Lipinski definition) is 2. The molecule has 96 valence electrons. The quantitative estimate of drug-likeness (QED) is 0.508. The van der Waals surface area contributed by atoms with Gasteiger partial charge in [0, 0.05) is 12.1 Å². The van der Waals surface area contributed by atoms with Gasteiger partial charge in [0.25, 0.3) is 0 Å². The highest BCUT2D eigenvalue weighted by molar-refractivity contribution is 7.79. The standard InChI is InChI=1S/C8H10ClN3.H2O4S/c1-5-7(9)11-6(2)12-4-3-10-8(5)12;1-5(2,3)4/h3-4H2,1-2H3;(H2,1,2,3,4). The molecule has 9 heteroatoms. The van der Waals surface area contributed by atoms with Crippen LogP contribution in [0.15, 0.2) is 20.7 Å². The molecule has 0 saturated heterocycles. The number of aliphatic imine (C=N–C) groups is 2. The number of amidine groups is 2. The van der Waals surface area contributed by atoms with Gasteiger partial charge in [-0.3, -0.25) is 14.1 Å². The molecule has 2 heterocycles. The summed E-state index contributed by atoms with van der Waals surface area (Å²) in [6.07, 6.45) is 0. The van der Waals surface area contributed by atoms with E-state index in [-0.39, 0.29) is 0 Å². The molecule has 0 saturated carbocycles. The van der Waals surface area contributed by atoms with E-state index in [2.05, 4.69) is 14.9 Å². The number of hydrogen-bond acceptors (Lipinski definition) is 5. The van der Waals surface area contributed by atoms with Crippen molar-refractivity contribution < 1.29 is 17.5 Å². The maximum absolute atomic E-state index is 8.74. The van der Waals surface area contributed by atoms with Crippen molar-refractivity contribution in [3.05, 3.63) is 10.7 Å². The summed E-state index contributed by atoms with van der Waals surface area (Å²) >= 11 is 5.91. The lowest BCUT2D eigenvalue weighted by molar-refractivity contribution is 0.381. The van der Waals surface area contributed by atoms with Crippen LogP contribution in [-0.4, -0.2) is 47.2 Å². The highest BCUT2D eigenvalue weighted by atomic mass is 35.5. The van der Waals surface area contributed by atoms with Crippen molar-refractivity contribution >= 4 is 33.7 Å². The van der Waals surface area contributed by atoms with Gasteiger partial charge in [-0.2, -0.15) is 8.42 Å². The SMILES string of the molecule is CC1=NC(Cl)=C(C)C2=NCCN12.O=S(=O)(O)O. The Labute approximate surface area is 104 Å². The van der Waals surface area contributed by atoms with Gasteiger partial charge in [0.15, 0.2) is 0 Å². The number of rotatable bonds is 0. The van der Waals surface area contributed by atoms with E-state index in [1.165, 1.54) is 0 Å². The molecule has 2 aliphatic heterocycles. The van der Waals surface area contributed by atoms with Crippen molar-refractivity contribution in [1.29, 1.82) is 0 Å². The van der Waals surface area contributed by atoms with Crippen LogP contribution in [0, 0.1) is 0 Å². The summed E-state index contributed by atoms with van der Waals surface area (Å²) in [5, 5.41) is 0.574. The normalized spacial score (nSPS) is 19.2. The summed E-state index contributed by atoms with van der Waals surface area (Å²) in [7, 11) is -4.67. The maximum atomic E-state index is 8.74. The van der Waals surface area contributed by atoms with Crippen LogP contribution >= 0.6 is 11.6 Å². The average Bonchev–Trinajstić information content (AvgIpc) is 2.60. The van der Waals surface area contributed by atoms with Crippen molar-refractivity contribution in [2.45, 2.75) is 13.8 Å². The van der Waals surface area contributed by atoms with Gasteiger partial charge in [0.05, 0.1) is 6.54 Å². The Morgan fingerprint density at radius 2 is 1.88 bits per heavy atom. The molecule has 0 aromatic carbocycles. The van der Waals surface area contributed by atoms with Crippen LogP contribution < -0.4 is 0 Å². The summed E-state index contributed by atoms with van der Waals surface area (Å²) < 4.78 is 31.6. The van der Waals surface area contributed by atoms with E-state index in [0.29, 0.717) is 5.16 Å². The first-order valence-corrected chi connectivity index (χ1v) is 6.41. The van der Waals surface area contributed by atoms with Crippen LogP contribution in [-0.2, 0) is 10.4 Å². The van der Waals surface area contributed by atoms with Crippen LogP contribution in [0.1, 0.15) is 13.8 Å². The fourth-order valence-electron chi connectivity index (χ4n) is 1.46. The third kappa shape index (κ3) is 4.08. The summed E-state index contributed by atoms with van der Waals surface area (Å²) in [5.74, 6) is 1.94. The van der Waals surface area contributed by atoms with Crippen molar-refractivity contribution in [2.75, 3.05) is 13.1 Å². The summed E-state index contributed by atoms with van der Waals surface area (Å²) in [6.45, 7) is 5.70. The first-order chi connectivity index (χ1) is 7.70. The molecule has 0 unspecified atom stereocenters. The molecule has 0 aromatic heterocycles. The molecule has 0 fully saturated rings. The van der Waals surface area contributed by atoms with Crippen LogP contribution in [0.4, 0.5) is 0 Å². The molecule has 0 atom stereocenters. The van der Waals surface area contributed by atoms with E-state index in [4.69, 9.17) is 29.1 Å². The Hall–Kier alpha value is -0.960. The molecule has 0 bridgehead atoms. The van der Waals surface area contributed by atoms with Gasteiger partial charge in [0.1, 0.15) is 16.8 Å². The molecule has 0 spiro atoms. The van der Waals surface area contributed by atoms with Crippen molar-refractivity contribution in [3.8, 4) is 0 Å². The molecule has 0 amide bonds. The zero-order valence-corrected chi connectivity index (χ0v) is 10.8. The summed E-state index contributed by atoms with van der Waals surface area (Å²) in [4.78, 5) is 10.7. The molecule has 7 nitrogen and oxygen atoms in total. The zero-order chi connectivity index (χ0) is 13.2. The minimum atomic E-state index is -4.67. The topological polar surface area (TPSA) is 103 Å². The average molecular weight is 282 g/mol. The largest absolute Gasteiger partial charge is 0.394 e. The van der Waals surface area contributed by atoms with E-state index >= 15 is 0 Å². The van der Waals surface area contributed by atoms with E-state index in [1.54, 1.807) is 0 Å². The van der Waals surface area contributed by atoms with Crippen molar-refractivity contribution in [3.63, 3.8) is 0 Å². The molecular formula is C8H12ClN3O4S. The Kier molecular flexibility index (Phi) is 4.26. The third-order valence-electron chi connectivity index (χ3n) is 2.14. The molecule has 2 N–H and O–H groups in total. The smallest absolute Gasteiger partial charge is 0.313 e. The second-order valence-electron chi connectivity index (χ2n) is 3.38. The van der Waals surface area contributed by atoms with Gasteiger partial charge in [-0.15, -0.1) is 0 Å². The first-order valence-electron chi connectivity index (χ1n) is 4.64. The van der Waals surface area contributed by atoms with Crippen molar-refractivity contribution in [2.24, 2.45) is 9.98 Å². The fraction of sp³-hybridized carbons (Fsp3) is 0.500. The van der Waals surface area contributed by atoms with Gasteiger partial charge in [-0.25, -0.2) is 4.99 Å². The zero-order valence-electron chi connectivity index (χ0n) is 9.25. The maximum Gasteiger partial charge on any atom is 0.394 e. The van der Waals surface area contributed by atoms with Crippen molar-refractivity contribution in [1.82, 2.24) is 4.90 Å². The highest BCUT2D eigenvalue weighted by Crippen LogP contribution is 2.22. The monoisotopic (exact) mass is 281 g/mol. The second kappa shape index (κ2) is 5.13. The van der Waals surface area contributed by atoms with Gasteiger partial charge >= 0.3 is 10.4 Å². The molecule has 0 aromatic rings. The molecule has 17 heavy (non-hydrogen) atoms. The number of nitrogens with zero attached hydrogens (tertiary/aromatic N) is 3. The summed E-state index contributed by atoms with van der Waals surface area (Å²) in [5.41, 5.74) is 0.986. The fourth-order valence-corrected chi connectivity index (χ4v) is 1.67. The minimum absolute atomic E-state index is 0.574. The Balaban J connectivity index is 0.000000249. The highest BCUT2D eigenvalue weighted by Gasteiger charge is 2.25. The van der Waals surface area contributed by atoms with Gasteiger partial charge in [-0.1, -0.05) is 11.6 Å². The van der Waals surface area contributed by atoms with Gasteiger partial charge in [0.2, 0.25) is 0 Å². The lowest BCUT2D eigenvalue weighted by Gasteiger charge is -2.24. The molecule has 2 aliphatic rings. The molecule has 0 radical (unpaired) electrons. The van der Waals surface area contributed by atoms with E-state index in [0.717, 1.165) is 30.3 Å². The third-order valence-corrected chi connectivity index (χ3v) is 2.50. The second-order valence-corrected chi connectivity index (χ2v) is 4.63. The van der Waals surface area contributed by atoms with Crippen LogP contribution in [0.5, 0.6) is 0 Å². The van der Waals surface area contributed by atoms with Crippen LogP contribution in [0.2, 0.25) is 0 Å². The Morgan fingerprint density at radius 1 is 1.35 bits per heavy atom. The Morgan fingerprint density at radius 3 is 2.41 bits per heavy atom. The first kappa shape index (κ1) is 14.1. The summed E-state index contributed by atoms with van der Waals surface area (Å²) in [6, 6.07) is 0. The molecule has 2 rings (SSSR count). The van der Waals surface area contributed by atoms with E-state index < -0.39 is 10.4 Å². The predicted octanol–water partition coefficient (Wildman–Crippen LogP) is 0.950. The number of halogens is 1. The lowest BCUT2D eigenvalue weighted by atomic mass is 10.2. The lowest BCUT2D eigenvalue weighted by Crippen LogP contribution is -2.35. The van der Waals surface area contributed by atoms with E-state index in [1.807, 2.05) is 13.8 Å². The van der Waals surface area contributed by atoms with E-state index in [9.17, 15) is 0 Å². The van der Waals surface area contributed by atoms with Gasteiger partial charge < -0.3 is 4.90 Å². The van der Waals surface area contributed by atoms with Crippen LogP contribution in [0.3, 0.4) is 0 Å². The predicted molar refractivity (Wildman–Crippen MR) is 64.8 cm³/mol. The van der Waals surface area contributed by atoms with Crippen LogP contribution in [0.25, 0.3) is 0 Å². The van der Waals surface area contributed by atoms with Gasteiger partial charge in [-0.05, 0) is 13.8 Å². The minimum Gasteiger partial charge on any atom is -0.313 e. The molecular weight excluding hydrogens is 270 g/mol. The Bertz CT molecular complexity index is 501. The molecule has 0 aliphatic carbocycles.